The highest BCUT2D eigenvalue weighted by Gasteiger charge is 2.15. The van der Waals surface area contributed by atoms with Crippen molar-refractivity contribution in [1.29, 1.82) is 0 Å². The summed E-state index contributed by atoms with van der Waals surface area (Å²) in [4.78, 5) is 0. The van der Waals surface area contributed by atoms with Crippen LogP contribution in [0.4, 0.5) is 0 Å². The highest BCUT2D eigenvalue weighted by atomic mass is 16.7. The lowest BCUT2D eigenvalue weighted by Crippen LogP contribution is -2.17. The van der Waals surface area contributed by atoms with Crippen molar-refractivity contribution >= 4 is 0 Å². The van der Waals surface area contributed by atoms with E-state index < -0.39 is 0 Å². The molecule has 1 aromatic carbocycles. The smallest absolute Gasteiger partial charge is 0.231 e. The molecular weight excluding hydrogens is 230 g/mol. The van der Waals surface area contributed by atoms with Crippen LogP contribution in [-0.4, -0.2) is 20.0 Å². The van der Waals surface area contributed by atoms with Crippen LogP contribution in [-0.2, 0) is 4.74 Å². The van der Waals surface area contributed by atoms with Crippen molar-refractivity contribution in [3.05, 3.63) is 23.8 Å². The van der Waals surface area contributed by atoms with Gasteiger partial charge < -0.3 is 19.9 Å². The summed E-state index contributed by atoms with van der Waals surface area (Å²) < 4.78 is 16.2. The van der Waals surface area contributed by atoms with Crippen LogP contribution < -0.4 is 15.2 Å². The number of hydrogen-bond donors (Lipinski definition) is 1. The minimum absolute atomic E-state index is 0.119. The van der Waals surface area contributed by atoms with Crippen LogP contribution in [0.25, 0.3) is 0 Å². The maximum absolute atomic E-state index is 6.08. The first kappa shape index (κ1) is 13.2. The first-order valence-corrected chi connectivity index (χ1v) is 6.39. The maximum atomic E-state index is 6.08. The van der Waals surface area contributed by atoms with Crippen molar-refractivity contribution < 1.29 is 14.2 Å². The standard InChI is InChI=1S/C14H21NO3/c1-10(2)5-6-16-8-12(15)11-3-4-13-14(7-11)18-9-17-13/h3-4,7,10,12H,5-6,8-9,15H2,1-2H3. The first-order valence-electron chi connectivity index (χ1n) is 6.39. The van der Waals surface area contributed by atoms with Crippen LogP contribution in [0, 0.1) is 5.92 Å². The lowest BCUT2D eigenvalue weighted by atomic mass is 10.1. The van der Waals surface area contributed by atoms with E-state index in [1.165, 1.54) is 0 Å². The summed E-state index contributed by atoms with van der Waals surface area (Å²) >= 11 is 0. The molecule has 4 heteroatoms. The highest BCUT2D eigenvalue weighted by Crippen LogP contribution is 2.33. The van der Waals surface area contributed by atoms with E-state index >= 15 is 0 Å². The molecule has 1 unspecified atom stereocenters. The van der Waals surface area contributed by atoms with Gasteiger partial charge in [-0.1, -0.05) is 19.9 Å². The van der Waals surface area contributed by atoms with Crippen molar-refractivity contribution in [3.63, 3.8) is 0 Å². The van der Waals surface area contributed by atoms with Crippen molar-refractivity contribution in [2.24, 2.45) is 11.7 Å². The fourth-order valence-corrected chi connectivity index (χ4v) is 1.77. The van der Waals surface area contributed by atoms with E-state index in [1.54, 1.807) is 0 Å². The molecule has 0 aromatic heterocycles. The molecule has 0 bridgehead atoms. The third kappa shape index (κ3) is 3.37. The summed E-state index contributed by atoms with van der Waals surface area (Å²) in [5, 5.41) is 0. The Bertz CT molecular complexity index is 393. The Morgan fingerprint density at radius 2 is 2.06 bits per heavy atom. The van der Waals surface area contributed by atoms with Gasteiger partial charge in [-0.05, 0) is 30.0 Å². The van der Waals surface area contributed by atoms with Gasteiger partial charge in [-0.15, -0.1) is 0 Å². The number of hydrogen-bond acceptors (Lipinski definition) is 4. The van der Waals surface area contributed by atoms with Crippen LogP contribution >= 0.6 is 0 Å². The number of rotatable bonds is 6. The Morgan fingerprint density at radius 3 is 2.83 bits per heavy atom. The van der Waals surface area contributed by atoms with E-state index in [2.05, 4.69) is 13.8 Å². The number of nitrogens with two attached hydrogens (primary N) is 1. The van der Waals surface area contributed by atoms with E-state index in [0.717, 1.165) is 30.1 Å². The average Bonchev–Trinajstić information content (AvgIpc) is 2.81. The summed E-state index contributed by atoms with van der Waals surface area (Å²) in [5.41, 5.74) is 7.10. The molecule has 0 amide bonds. The number of ether oxygens (including phenoxy) is 3. The van der Waals surface area contributed by atoms with E-state index in [9.17, 15) is 0 Å². The van der Waals surface area contributed by atoms with E-state index in [1.807, 2.05) is 18.2 Å². The van der Waals surface area contributed by atoms with E-state index in [4.69, 9.17) is 19.9 Å². The first-order chi connectivity index (χ1) is 8.66. The van der Waals surface area contributed by atoms with Gasteiger partial charge >= 0.3 is 0 Å². The van der Waals surface area contributed by atoms with Gasteiger partial charge in [-0.2, -0.15) is 0 Å². The predicted molar refractivity (Wildman–Crippen MR) is 69.8 cm³/mol. The normalized spacial score (nSPS) is 15.1. The average molecular weight is 251 g/mol. The van der Waals surface area contributed by atoms with Gasteiger partial charge in [0.25, 0.3) is 0 Å². The van der Waals surface area contributed by atoms with Crippen molar-refractivity contribution in [1.82, 2.24) is 0 Å². The van der Waals surface area contributed by atoms with E-state index in [-0.39, 0.29) is 6.04 Å². The Kier molecular flexibility index (Phi) is 4.44. The molecule has 2 rings (SSSR count). The molecule has 1 aromatic rings. The number of fused-ring (bicyclic) bond motifs is 1. The van der Waals surface area contributed by atoms with Crippen molar-refractivity contribution in [2.75, 3.05) is 20.0 Å². The molecule has 0 radical (unpaired) electrons. The van der Waals surface area contributed by atoms with Gasteiger partial charge in [-0.3, -0.25) is 0 Å². The summed E-state index contributed by atoms with van der Waals surface area (Å²) in [7, 11) is 0. The zero-order valence-electron chi connectivity index (χ0n) is 11.0. The molecule has 0 saturated carbocycles. The molecule has 0 fully saturated rings. The van der Waals surface area contributed by atoms with Crippen LogP contribution in [0.5, 0.6) is 11.5 Å². The van der Waals surface area contributed by atoms with Gasteiger partial charge in [0.2, 0.25) is 6.79 Å². The zero-order valence-corrected chi connectivity index (χ0v) is 11.0. The molecule has 1 atom stereocenters. The monoisotopic (exact) mass is 251 g/mol. The summed E-state index contributed by atoms with van der Waals surface area (Å²) in [6.07, 6.45) is 1.06. The second-order valence-corrected chi connectivity index (χ2v) is 4.98. The largest absolute Gasteiger partial charge is 0.454 e. The molecule has 0 spiro atoms. The minimum atomic E-state index is -0.119. The lowest BCUT2D eigenvalue weighted by molar-refractivity contribution is 0.111. The van der Waals surface area contributed by atoms with Crippen molar-refractivity contribution in [3.8, 4) is 11.5 Å². The van der Waals surface area contributed by atoms with Crippen LogP contribution in [0.15, 0.2) is 18.2 Å². The molecule has 18 heavy (non-hydrogen) atoms. The third-order valence-corrected chi connectivity index (χ3v) is 2.96. The quantitative estimate of drug-likeness (QED) is 0.789. The molecular formula is C14H21NO3. The Morgan fingerprint density at radius 1 is 1.28 bits per heavy atom. The predicted octanol–water partition coefficient (Wildman–Crippen LogP) is 2.48. The van der Waals surface area contributed by atoms with Crippen LogP contribution in [0.1, 0.15) is 31.9 Å². The molecule has 4 nitrogen and oxygen atoms in total. The summed E-state index contributed by atoms with van der Waals surface area (Å²) in [5.74, 6) is 2.21. The third-order valence-electron chi connectivity index (χ3n) is 2.96. The summed E-state index contributed by atoms with van der Waals surface area (Å²) in [6, 6.07) is 5.67. The second-order valence-electron chi connectivity index (χ2n) is 4.98. The van der Waals surface area contributed by atoms with Gasteiger partial charge in [0, 0.05) is 6.61 Å². The molecule has 1 aliphatic rings. The molecule has 2 N–H and O–H groups in total. The SMILES string of the molecule is CC(C)CCOCC(N)c1ccc2c(c1)OCO2. The molecule has 0 aliphatic carbocycles. The lowest BCUT2D eigenvalue weighted by Gasteiger charge is -2.13. The van der Waals surface area contributed by atoms with Crippen LogP contribution in [0.2, 0.25) is 0 Å². The van der Waals surface area contributed by atoms with Gasteiger partial charge in [0.05, 0.1) is 12.6 Å². The molecule has 0 saturated heterocycles. The van der Waals surface area contributed by atoms with Gasteiger partial charge in [0.1, 0.15) is 0 Å². The van der Waals surface area contributed by atoms with Gasteiger partial charge in [0.15, 0.2) is 11.5 Å². The second kappa shape index (κ2) is 6.07. The number of benzene rings is 1. The Balaban J connectivity index is 1.83. The zero-order chi connectivity index (χ0) is 13.0. The fourth-order valence-electron chi connectivity index (χ4n) is 1.77. The Hall–Kier alpha value is -1.26. The molecule has 100 valence electrons. The van der Waals surface area contributed by atoms with E-state index in [0.29, 0.717) is 19.3 Å². The molecule has 1 aliphatic heterocycles. The van der Waals surface area contributed by atoms with Crippen molar-refractivity contribution in [2.45, 2.75) is 26.3 Å². The Labute approximate surface area is 108 Å². The van der Waals surface area contributed by atoms with Crippen LogP contribution in [0.3, 0.4) is 0 Å². The topological polar surface area (TPSA) is 53.7 Å². The fraction of sp³-hybridized carbons (Fsp3) is 0.571. The minimum Gasteiger partial charge on any atom is -0.454 e. The molecule has 1 heterocycles. The maximum Gasteiger partial charge on any atom is 0.231 e. The summed E-state index contributed by atoms with van der Waals surface area (Å²) in [6.45, 7) is 5.95. The van der Waals surface area contributed by atoms with Gasteiger partial charge in [-0.25, -0.2) is 0 Å². The highest BCUT2D eigenvalue weighted by molar-refractivity contribution is 5.45.